The third-order valence-electron chi connectivity index (χ3n) is 2.88. The fraction of sp³-hybridized carbons (Fsp3) is 0.250. The first-order chi connectivity index (χ1) is 9.95. The molecule has 1 heterocycles. The minimum absolute atomic E-state index is 0.258. The average Bonchev–Trinajstić information content (AvgIpc) is 2.43. The van der Waals surface area contributed by atoms with Crippen molar-refractivity contribution < 1.29 is 4.79 Å². The van der Waals surface area contributed by atoms with Crippen LogP contribution in [-0.4, -0.2) is 16.9 Å². The average molecular weight is 304 g/mol. The van der Waals surface area contributed by atoms with Gasteiger partial charge in [0.1, 0.15) is 5.69 Å². The summed E-state index contributed by atoms with van der Waals surface area (Å²) in [5.74, 6) is -0.258. The number of amides is 1. The highest BCUT2D eigenvalue weighted by Crippen LogP contribution is 2.20. The van der Waals surface area contributed by atoms with Crippen LogP contribution in [0, 0.1) is 6.92 Å². The van der Waals surface area contributed by atoms with Crippen molar-refractivity contribution >= 4 is 28.9 Å². The normalized spacial score (nSPS) is 10.5. The van der Waals surface area contributed by atoms with Crippen LogP contribution in [0.5, 0.6) is 0 Å². The summed E-state index contributed by atoms with van der Waals surface area (Å²) in [6.45, 7) is 6.00. The van der Waals surface area contributed by atoms with Gasteiger partial charge in [-0.05, 0) is 50.6 Å². The van der Waals surface area contributed by atoms with Crippen molar-refractivity contribution in [2.24, 2.45) is 0 Å². The number of nitrogens with one attached hydrogen (secondary N) is 2. The van der Waals surface area contributed by atoms with Crippen LogP contribution in [0.1, 0.15) is 29.9 Å². The van der Waals surface area contributed by atoms with Crippen molar-refractivity contribution in [2.45, 2.75) is 26.8 Å². The number of pyridine rings is 1. The van der Waals surface area contributed by atoms with Gasteiger partial charge in [-0.25, -0.2) is 4.98 Å². The Kier molecular flexibility index (Phi) is 4.81. The van der Waals surface area contributed by atoms with E-state index >= 15 is 0 Å². The molecule has 110 valence electrons. The maximum Gasteiger partial charge on any atom is 0.274 e. The molecule has 0 fully saturated rings. The van der Waals surface area contributed by atoms with Gasteiger partial charge in [-0.1, -0.05) is 17.7 Å². The first kappa shape index (κ1) is 15.3. The molecule has 0 aliphatic carbocycles. The van der Waals surface area contributed by atoms with Crippen LogP contribution in [0.3, 0.4) is 0 Å². The zero-order valence-electron chi connectivity index (χ0n) is 12.3. The Morgan fingerprint density at radius 2 is 1.90 bits per heavy atom. The number of aryl methyl sites for hydroxylation is 1. The third kappa shape index (κ3) is 4.20. The van der Waals surface area contributed by atoms with Crippen molar-refractivity contribution in [2.75, 3.05) is 10.6 Å². The van der Waals surface area contributed by atoms with Crippen molar-refractivity contribution in [1.29, 1.82) is 0 Å². The van der Waals surface area contributed by atoms with Gasteiger partial charge in [0.15, 0.2) is 0 Å². The van der Waals surface area contributed by atoms with Gasteiger partial charge in [-0.2, -0.15) is 0 Å². The van der Waals surface area contributed by atoms with E-state index in [4.69, 9.17) is 11.6 Å². The van der Waals surface area contributed by atoms with Gasteiger partial charge in [0.2, 0.25) is 0 Å². The molecular weight excluding hydrogens is 286 g/mol. The summed E-state index contributed by atoms with van der Waals surface area (Å²) in [5.41, 5.74) is 2.87. The SMILES string of the molecule is Cc1ccc(NC(=O)c2ccc(NC(C)C)cn2)cc1Cl. The van der Waals surface area contributed by atoms with Crippen LogP contribution < -0.4 is 10.6 Å². The van der Waals surface area contributed by atoms with Crippen molar-refractivity contribution in [3.05, 3.63) is 52.8 Å². The monoisotopic (exact) mass is 303 g/mol. The molecule has 1 aromatic carbocycles. The van der Waals surface area contributed by atoms with Crippen LogP contribution >= 0.6 is 11.6 Å². The summed E-state index contributed by atoms with van der Waals surface area (Å²) in [4.78, 5) is 16.3. The number of carbonyl (C=O) groups is 1. The number of nitrogens with zero attached hydrogens (tertiary/aromatic N) is 1. The molecule has 0 saturated heterocycles. The number of anilines is 2. The summed E-state index contributed by atoms with van der Waals surface area (Å²) in [5, 5.41) is 6.63. The molecule has 0 bridgehead atoms. The van der Waals surface area contributed by atoms with Gasteiger partial charge in [-0.3, -0.25) is 4.79 Å². The Hall–Kier alpha value is -2.07. The van der Waals surface area contributed by atoms with Crippen LogP contribution in [0.15, 0.2) is 36.5 Å². The lowest BCUT2D eigenvalue weighted by atomic mass is 10.2. The van der Waals surface area contributed by atoms with E-state index in [1.165, 1.54) is 0 Å². The molecule has 1 amide bonds. The Morgan fingerprint density at radius 1 is 1.19 bits per heavy atom. The van der Waals surface area contributed by atoms with Crippen molar-refractivity contribution in [3.8, 4) is 0 Å². The van der Waals surface area contributed by atoms with Gasteiger partial charge in [0.25, 0.3) is 5.91 Å². The van der Waals surface area contributed by atoms with E-state index < -0.39 is 0 Å². The molecule has 0 aliphatic rings. The third-order valence-corrected chi connectivity index (χ3v) is 3.29. The largest absolute Gasteiger partial charge is 0.382 e. The van der Waals surface area contributed by atoms with E-state index in [9.17, 15) is 4.79 Å². The fourth-order valence-electron chi connectivity index (χ4n) is 1.81. The minimum Gasteiger partial charge on any atom is -0.382 e. The van der Waals surface area contributed by atoms with Gasteiger partial charge < -0.3 is 10.6 Å². The van der Waals surface area contributed by atoms with Gasteiger partial charge >= 0.3 is 0 Å². The maximum absolute atomic E-state index is 12.1. The molecule has 5 heteroatoms. The molecule has 0 spiro atoms. The summed E-state index contributed by atoms with van der Waals surface area (Å²) in [7, 11) is 0. The van der Waals surface area contributed by atoms with Crippen LogP contribution in [0.25, 0.3) is 0 Å². The highest BCUT2D eigenvalue weighted by molar-refractivity contribution is 6.31. The topological polar surface area (TPSA) is 54.0 Å². The summed E-state index contributed by atoms with van der Waals surface area (Å²) in [6.07, 6.45) is 1.65. The molecule has 0 atom stereocenters. The molecular formula is C16H18ClN3O. The predicted octanol–water partition coefficient (Wildman–Crippen LogP) is 4.12. The lowest BCUT2D eigenvalue weighted by Crippen LogP contribution is -2.14. The van der Waals surface area contributed by atoms with Crippen LogP contribution in [0.4, 0.5) is 11.4 Å². The summed E-state index contributed by atoms with van der Waals surface area (Å²) < 4.78 is 0. The van der Waals surface area contributed by atoms with Crippen LogP contribution in [0.2, 0.25) is 5.02 Å². The number of halogens is 1. The van der Waals surface area contributed by atoms with E-state index in [1.54, 1.807) is 18.3 Å². The molecule has 2 aromatic rings. The Labute approximate surface area is 129 Å². The first-order valence-electron chi connectivity index (χ1n) is 6.76. The van der Waals surface area contributed by atoms with E-state index in [-0.39, 0.29) is 5.91 Å². The second kappa shape index (κ2) is 6.59. The first-order valence-corrected chi connectivity index (χ1v) is 7.13. The van der Waals surface area contributed by atoms with E-state index in [0.717, 1.165) is 11.3 Å². The molecule has 4 nitrogen and oxygen atoms in total. The predicted molar refractivity (Wildman–Crippen MR) is 87.1 cm³/mol. The lowest BCUT2D eigenvalue weighted by Gasteiger charge is -2.10. The molecule has 2 rings (SSSR count). The van der Waals surface area contributed by atoms with E-state index in [0.29, 0.717) is 22.4 Å². The second-order valence-corrected chi connectivity index (χ2v) is 5.56. The fourth-order valence-corrected chi connectivity index (χ4v) is 1.99. The highest BCUT2D eigenvalue weighted by atomic mass is 35.5. The molecule has 0 saturated carbocycles. The van der Waals surface area contributed by atoms with Crippen LogP contribution in [-0.2, 0) is 0 Å². The van der Waals surface area contributed by atoms with Gasteiger partial charge in [0.05, 0.1) is 11.9 Å². The molecule has 0 radical (unpaired) electrons. The van der Waals surface area contributed by atoms with Crippen molar-refractivity contribution in [3.63, 3.8) is 0 Å². The quantitative estimate of drug-likeness (QED) is 0.893. The Bertz CT molecular complexity index is 638. The lowest BCUT2D eigenvalue weighted by molar-refractivity contribution is 0.102. The number of rotatable bonds is 4. The smallest absolute Gasteiger partial charge is 0.274 e. The summed E-state index contributed by atoms with van der Waals surface area (Å²) in [6, 6.07) is 9.25. The van der Waals surface area contributed by atoms with E-state index in [2.05, 4.69) is 15.6 Å². The van der Waals surface area contributed by atoms with E-state index in [1.807, 2.05) is 39.0 Å². The number of hydrogen-bond donors (Lipinski definition) is 2. The number of benzene rings is 1. The number of hydrogen-bond acceptors (Lipinski definition) is 3. The second-order valence-electron chi connectivity index (χ2n) is 5.15. The molecule has 2 N–H and O–H groups in total. The molecule has 1 aromatic heterocycles. The Balaban J connectivity index is 2.07. The maximum atomic E-state index is 12.1. The minimum atomic E-state index is -0.258. The zero-order chi connectivity index (χ0) is 15.4. The standard InChI is InChI=1S/C16H18ClN3O/c1-10(2)19-13-6-7-15(18-9-13)16(21)20-12-5-4-11(3)14(17)8-12/h4-10,19H,1-3H3,(H,20,21). The summed E-state index contributed by atoms with van der Waals surface area (Å²) >= 11 is 6.04. The number of carbonyl (C=O) groups excluding carboxylic acids is 1. The van der Waals surface area contributed by atoms with Gasteiger partial charge in [0, 0.05) is 16.8 Å². The van der Waals surface area contributed by atoms with Gasteiger partial charge in [-0.15, -0.1) is 0 Å². The molecule has 21 heavy (non-hydrogen) atoms. The Morgan fingerprint density at radius 3 is 2.48 bits per heavy atom. The molecule has 0 unspecified atom stereocenters. The zero-order valence-corrected chi connectivity index (χ0v) is 13.0. The highest BCUT2D eigenvalue weighted by Gasteiger charge is 2.08. The number of aromatic nitrogens is 1. The molecule has 0 aliphatic heterocycles. The van der Waals surface area contributed by atoms with Crippen molar-refractivity contribution in [1.82, 2.24) is 4.98 Å².